The van der Waals surface area contributed by atoms with E-state index in [1.165, 1.54) is 0 Å². The molecule has 1 nitrogen and oxygen atoms in total. The van der Waals surface area contributed by atoms with Gasteiger partial charge in [-0.15, -0.1) is 24.0 Å². The van der Waals surface area contributed by atoms with Gasteiger partial charge in [-0.2, -0.15) is 0 Å². The third kappa shape index (κ3) is 2.68. The topological polar surface area (TPSA) is 20.2 Å². The van der Waals surface area contributed by atoms with E-state index in [9.17, 15) is 0 Å². The number of aromatic hydroxyl groups is 1. The van der Waals surface area contributed by atoms with Gasteiger partial charge in [0.1, 0.15) is 5.75 Å². The van der Waals surface area contributed by atoms with E-state index in [2.05, 4.69) is 45.2 Å². The van der Waals surface area contributed by atoms with Crippen molar-refractivity contribution in [3.63, 3.8) is 0 Å². The van der Waals surface area contributed by atoms with Gasteiger partial charge in [-0.3, -0.25) is 0 Å². The van der Waals surface area contributed by atoms with Crippen molar-refractivity contribution in [3.8, 4) is 5.75 Å². The molecule has 0 atom stereocenters. The van der Waals surface area contributed by atoms with Gasteiger partial charge in [0.15, 0.2) is 0 Å². The third-order valence-corrected chi connectivity index (χ3v) is 4.00. The fourth-order valence-corrected chi connectivity index (χ4v) is 1.34. The molecule has 1 aromatic carbocycles. The first-order valence-corrected chi connectivity index (χ1v) is 4.50. The predicted molar refractivity (Wildman–Crippen MR) is 69.0 cm³/mol. The smallest absolute Gasteiger partial charge is 0.129 e. The zero-order valence-electron chi connectivity index (χ0n) is 4.84. The average molecular weight is 474 g/mol. The molecule has 0 amide bonds. The van der Waals surface area contributed by atoms with E-state index in [4.69, 9.17) is 5.11 Å². The molecular weight excluding hydrogens is 469 g/mol. The van der Waals surface area contributed by atoms with Crippen molar-refractivity contribution in [1.82, 2.24) is 0 Å². The minimum absolute atomic E-state index is 0. The molecular formula is C6H5I3O. The van der Waals surface area contributed by atoms with E-state index >= 15 is 0 Å². The molecule has 10 heavy (non-hydrogen) atoms. The number of halogens is 3. The van der Waals surface area contributed by atoms with E-state index < -0.39 is 0 Å². The molecule has 0 spiro atoms. The summed E-state index contributed by atoms with van der Waals surface area (Å²) in [5.41, 5.74) is 0. The number of hydrogen-bond acceptors (Lipinski definition) is 1. The van der Waals surface area contributed by atoms with Crippen LogP contribution < -0.4 is 0 Å². The van der Waals surface area contributed by atoms with Crippen molar-refractivity contribution in [2.75, 3.05) is 0 Å². The van der Waals surface area contributed by atoms with Crippen LogP contribution >= 0.6 is 69.2 Å². The second-order valence-corrected chi connectivity index (χ2v) is 3.81. The Morgan fingerprint density at radius 3 is 2.20 bits per heavy atom. The zero-order valence-corrected chi connectivity index (χ0v) is 11.5. The van der Waals surface area contributed by atoms with Gasteiger partial charge in [-0.05, 0) is 57.3 Å². The van der Waals surface area contributed by atoms with Crippen LogP contribution in [0.2, 0.25) is 0 Å². The Hall–Kier alpha value is 1.21. The molecule has 0 radical (unpaired) electrons. The highest BCUT2D eigenvalue weighted by atomic mass is 127. The van der Waals surface area contributed by atoms with E-state index in [1.54, 1.807) is 6.07 Å². The Morgan fingerprint density at radius 2 is 1.80 bits per heavy atom. The third-order valence-electron chi connectivity index (χ3n) is 0.931. The Morgan fingerprint density at radius 1 is 1.20 bits per heavy atom. The van der Waals surface area contributed by atoms with Crippen LogP contribution in [-0.2, 0) is 0 Å². The van der Waals surface area contributed by atoms with Crippen molar-refractivity contribution >= 4 is 69.2 Å². The molecule has 0 aromatic heterocycles. The normalized spacial score (nSPS) is 8.60. The fourth-order valence-electron chi connectivity index (χ4n) is 0.492. The summed E-state index contributed by atoms with van der Waals surface area (Å²) in [4.78, 5) is 0. The van der Waals surface area contributed by atoms with Crippen molar-refractivity contribution in [2.45, 2.75) is 0 Å². The molecule has 0 heterocycles. The molecule has 4 heteroatoms. The Bertz CT molecular complexity index is 204. The van der Waals surface area contributed by atoms with Crippen LogP contribution in [0.3, 0.4) is 0 Å². The highest BCUT2D eigenvalue weighted by Crippen LogP contribution is 2.23. The molecule has 0 aliphatic heterocycles. The molecule has 0 aliphatic rings. The van der Waals surface area contributed by atoms with E-state index in [1.807, 2.05) is 12.1 Å². The van der Waals surface area contributed by atoms with Crippen LogP contribution in [0.15, 0.2) is 18.2 Å². The molecule has 56 valence electrons. The lowest BCUT2D eigenvalue weighted by Crippen LogP contribution is -1.77. The first-order chi connectivity index (χ1) is 4.22. The number of rotatable bonds is 0. The summed E-state index contributed by atoms with van der Waals surface area (Å²) in [5, 5.41) is 9.09. The molecule has 0 bridgehead atoms. The first-order valence-electron chi connectivity index (χ1n) is 2.35. The van der Waals surface area contributed by atoms with Crippen molar-refractivity contribution in [3.05, 3.63) is 25.3 Å². The Kier molecular flexibility index (Phi) is 5.56. The molecule has 1 aromatic rings. The number of phenolic OH excluding ortho intramolecular Hbond substituents is 1. The molecule has 0 fully saturated rings. The van der Waals surface area contributed by atoms with Gasteiger partial charge in [0.05, 0.1) is 3.57 Å². The van der Waals surface area contributed by atoms with Gasteiger partial charge in [0.2, 0.25) is 0 Å². The van der Waals surface area contributed by atoms with Gasteiger partial charge in [0, 0.05) is 3.57 Å². The van der Waals surface area contributed by atoms with Gasteiger partial charge in [0.25, 0.3) is 0 Å². The predicted octanol–water partition coefficient (Wildman–Crippen LogP) is 3.22. The molecule has 0 saturated carbocycles. The van der Waals surface area contributed by atoms with Gasteiger partial charge in [-0.25, -0.2) is 0 Å². The molecule has 0 unspecified atom stereocenters. The maximum Gasteiger partial charge on any atom is 0.129 e. The van der Waals surface area contributed by atoms with Crippen molar-refractivity contribution < 1.29 is 5.11 Å². The molecule has 1 rings (SSSR count). The summed E-state index contributed by atoms with van der Waals surface area (Å²) < 4.78 is 2.02. The monoisotopic (exact) mass is 474 g/mol. The Balaban J connectivity index is 0.000000810. The first kappa shape index (κ1) is 11.2. The largest absolute Gasteiger partial charge is 0.507 e. The summed E-state index contributed by atoms with van der Waals surface area (Å²) >= 11 is 4.29. The Labute approximate surface area is 104 Å². The standard InChI is InChI=1S/C6H4I2O.HI/c7-4-2-1-3-5(9)6(4)8;/h1-3,9H;1H. The maximum absolute atomic E-state index is 9.09. The van der Waals surface area contributed by atoms with Crippen LogP contribution in [0.4, 0.5) is 0 Å². The SMILES string of the molecule is I.Oc1cccc(I)c1I. The summed E-state index contributed by atoms with van der Waals surface area (Å²) in [5.74, 6) is 0.363. The van der Waals surface area contributed by atoms with E-state index in [0.29, 0.717) is 5.75 Å². The zero-order chi connectivity index (χ0) is 6.85. The molecule has 0 saturated heterocycles. The lowest BCUT2D eigenvalue weighted by Gasteiger charge is -1.96. The van der Waals surface area contributed by atoms with Gasteiger partial charge in [-0.1, -0.05) is 6.07 Å². The maximum atomic E-state index is 9.09. The molecule has 0 aliphatic carbocycles. The van der Waals surface area contributed by atoms with E-state index in [0.717, 1.165) is 7.14 Å². The quantitative estimate of drug-likeness (QED) is 0.574. The second kappa shape index (κ2) is 4.96. The minimum atomic E-state index is 0. The highest BCUT2D eigenvalue weighted by molar-refractivity contribution is 14.1. The average Bonchev–Trinajstić information content (AvgIpc) is 1.83. The summed E-state index contributed by atoms with van der Waals surface area (Å²) in [6.07, 6.45) is 0. The van der Waals surface area contributed by atoms with Gasteiger partial charge >= 0.3 is 0 Å². The van der Waals surface area contributed by atoms with Crippen molar-refractivity contribution in [2.24, 2.45) is 0 Å². The number of phenols is 1. The van der Waals surface area contributed by atoms with E-state index in [-0.39, 0.29) is 24.0 Å². The van der Waals surface area contributed by atoms with Crippen LogP contribution in [0, 0.1) is 7.14 Å². The summed E-state index contributed by atoms with van der Waals surface area (Å²) in [7, 11) is 0. The van der Waals surface area contributed by atoms with Gasteiger partial charge < -0.3 is 5.11 Å². The van der Waals surface area contributed by atoms with Crippen LogP contribution in [0.25, 0.3) is 0 Å². The summed E-state index contributed by atoms with van der Waals surface area (Å²) in [6.45, 7) is 0. The van der Waals surface area contributed by atoms with Crippen LogP contribution in [-0.4, -0.2) is 5.11 Å². The van der Waals surface area contributed by atoms with Crippen LogP contribution in [0.5, 0.6) is 5.75 Å². The minimum Gasteiger partial charge on any atom is -0.507 e. The van der Waals surface area contributed by atoms with Crippen LogP contribution in [0.1, 0.15) is 0 Å². The highest BCUT2D eigenvalue weighted by Gasteiger charge is 1.98. The molecule has 1 N–H and O–H groups in total. The number of hydrogen-bond donors (Lipinski definition) is 1. The second-order valence-electron chi connectivity index (χ2n) is 1.57. The van der Waals surface area contributed by atoms with Crippen molar-refractivity contribution in [1.29, 1.82) is 0 Å². The lowest BCUT2D eigenvalue weighted by molar-refractivity contribution is 0.471. The fraction of sp³-hybridized carbons (Fsp3) is 0. The lowest BCUT2D eigenvalue weighted by atomic mass is 10.3. The summed E-state index contributed by atoms with van der Waals surface area (Å²) in [6, 6.07) is 5.48. The number of benzene rings is 1.